The average Bonchev–Trinajstić information content (AvgIpc) is 2.38. The van der Waals surface area contributed by atoms with E-state index in [9.17, 15) is 0 Å². The van der Waals surface area contributed by atoms with Gasteiger partial charge in [0.2, 0.25) is 0 Å². The Morgan fingerprint density at radius 3 is 2.28 bits per heavy atom. The predicted octanol–water partition coefficient (Wildman–Crippen LogP) is 4.57. The molecule has 0 saturated heterocycles. The number of rotatable bonds is 3. The molecule has 0 unspecified atom stereocenters. The van der Waals surface area contributed by atoms with E-state index in [0.29, 0.717) is 0 Å². The van der Waals surface area contributed by atoms with Crippen molar-refractivity contribution in [2.24, 2.45) is 0 Å². The van der Waals surface area contributed by atoms with Gasteiger partial charge in [-0.05, 0) is 60.2 Å². The fraction of sp³-hybridized carbons (Fsp3) is 0.294. The molecule has 94 valence electrons. The lowest BCUT2D eigenvalue weighted by Crippen LogP contribution is -1.97. The largest absolute Gasteiger partial charge is 0.388 e. The molecular formula is C17H21N. The van der Waals surface area contributed by atoms with Crippen LogP contribution in [0.25, 0.3) is 11.1 Å². The lowest BCUT2D eigenvalue weighted by atomic mass is 9.91. The van der Waals surface area contributed by atoms with Gasteiger partial charge in [0.05, 0.1) is 0 Å². The van der Waals surface area contributed by atoms with E-state index in [0.717, 1.165) is 6.42 Å². The maximum atomic E-state index is 3.25. The highest BCUT2D eigenvalue weighted by atomic mass is 14.8. The molecule has 1 heteroatoms. The highest BCUT2D eigenvalue weighted by Gasteiger charge is 2.10. The van der Waals surface area contributed by atoms with Crippen molar-refractivity contribution in [1.29, 1.82) is 0 Å². The van der Waals surface area contributed by atoms with E-state index in [4.69, 9.17) is 0 Å². The maximum absolute atomic E-state index is 3.25. The quantitative estimate of drug-likeness (QED) is 0.827. The molecule has 0 atom stereocenters. The van der Waals surface area contributed by atoms with Crippen LogP contribution in [0.1, 0.15) is 23.6 Å². The van der Waals surface area contributed by atoms with Crippen LogP contribution in [0.3, 0.4) is 0 Å². The molecule has 0 aliphatic heterocycles. The van der Waals surface area contributed by atoms with Crippen molar-refractivity contribution in [3.63, 3.8) is 0 Å². The van der Waals surface area contributed by atoms with Crippen molar-refractivity contribution < 1.29 is 0 Å². The monoisotopic (exact) mass is 239 g/mol. The minimum absolute atomic E-state index is 1.07. The summed E-state index contributed by atoms with van der Waals surface area (Å²) in [5, 5.41) is 3.25. The molecule has 0 bridgehead atoms. The van der Waals surface area contributed by atoms with Crippen molar-refractivity contribution in [2.75, 3.05) is 12.4 Å². The molecular weight excluding hydrogens is 218 g/mol. The van der Waals surface area contributed by atoms with Gasteiger partial charge in [-0.15, -0.1) is 0 Å². The Balaban J connectivity index is 2.69. The molecule has 0 heterocycles. The first kappa shape index (κ1) is 12.7. The van der Waals surface area contributed by atoms with E-state index in [-0.39, 0.29) is 0 Å². The summed E-state index contributed by atoms with van der Waals surface area (Å²) in [5.74, 6) is 0. The molecule has 18 heavy (non-hydrogen) atoms. The molecule has 0 aromatic heterocycles. The summed E-state index contributed by atoms with van der Waals surface area (Å²) in [6.45, 7) is 6.60. The Morgan fingerprint density at radius 2 is 1.67 bits per heavy atom. The summed E-state index contributed by atoms with van der Waals surface area (Å²) < 4.78 is 0. The molecule has 0 radical (unpaired) electrons. The topological polar surface area (TPSA) is 12.0 Å². The Kier molecular flexibility index (Phi) is 3.71. The molecule has 0 aliphatic rings. The maximum Gasteiger partial charge on any atom is 0.0346 e. The second-order valence-corrected chi connectivity index (χ2v) is 4.74. The average molecular weight is 239 g/mol. The first-order valence-corrected chi connectivity index (χ1v) is 6.54. The zero-order chi connectivity index (χ0) is 13.1. The summed E-state index contributed by atoms with van der Waals surface area (Å²) >= 11 is 0. The smallest absolute Gasteiger partial charge is 0.0346 e. The van der Waals surface area contributed by atoms with Gasteiger partial charge in [-0.2, -0.15) is 0 Å². The highest BCUT2D eigenvalue weighted by Crippen LogP contribution is 2.32. The van der Waals surface area contributed by atoms with Gasteiger partial charge < -0.3 is 5.32 Å². The normalized spacial score (nSPS) is 10.4. The van der Waals surface area contributed by atoms with Gasteiger partial charge in [-0.25, -0.2) is 0 Å². The Hall–Kier alpha value is -1.76. The SMILES string of the molecule is CCc1c(C)cc(NC)cc1-c1ccccc1C. The van der Waals surface area contributed by atoms with Crippen LogP contribution in [0.4, 0.5) is 5.69 Å². The molecule has 0 saturated carbocycles. The van der Waals surface area contributed by atoms with Crippen molar-refractivity contribution in [1.82, 2.24) is 0 Å². The van der Waals surface area contributed by atoms with Gasteiger partial charge in [-0.3, -0.25) is 0 Å². The molecule has 2 rings (SSSR count). The van der Waals surface area contributed by atoms with E-state index < -0.39 is 0 Å². The van der Waals surface area contributed by atoms with Gasteiger partial charge >= 0.3 is 0 Å². The zero-order valence-electron chi connectivity index (χ0n) is 11.7. The van der Waals surface area contributed by atoms with Crippen LogP contribution in [-0.2, 0) is 6.42 Å². The standard InChI is InChI=1S/C17H21N/c1-5-15-13(3)10-14(18-4)11-17(15)16-9-7-6-8-12(16)2/h6-11,18H,5H2,1-4H3. The van der Waals surface area contributed by atoms with Gasteiger partial charge in [0.25, 0.3) is 0 Å². The van der Waals surface area contributed by atoms with E-state index in [1.165, 1.54) is 33.5 Å². The van der Waals surface area contributed by atoms with Crippen molar-refractivity contribution in [3.8, 4) is 11.1 Å². The van der Waals surface area contributed by atoms with Crippen molar-refractivity contribution >= 4 is 5.69 Å². The molecule has 0 fully saturated rings. The third kappa shape index (κ3) is 2.26. The van der Waals surface area contributed by atoms with Crippen molar-refractivity contribution in [3.05, 3.63) is 53.1 Å². The number of hydrogen-bond acceptors (Lipinski definition) is 1. The van der Waals surface area contributed by atoms with Gasteiger partial charge in [0, 0.05) is 12.7 Å². The second kappa shape index (κ2) is 5.26. The van der Waals surface area contributed by atoms with E-state index >= 15 is 0 Å². The van der Waals surface area contributed by atoms with Gasteiger partial charge in [-0.1, -0.05) is 31.2 Å². The summed E-state index contributed by atoms with van der Waals surface area (Å²) in [6, 6.07) is 13.1. The number of benzene rings is 2. The van der Waals surface area contributed by atoms with Crippen LogP contribution in [0.5, 0.6) is 0 Å². The Labute approximate surface area is 110 Å². The third-order valence-electron chi connectivity index (χ3n) is 3.55. The lowest BCUT2D eigenvalue weighted by Gasteiger charge is -2.16. The summed E-state index contributed by atoms with van der Waals surface area (Å²) in [6.07, 6.45) is 1.07. The fourth-order valence-electron chi connectivity index (χ4n) is 2.55. The zero-order valence-corrected chi connectivity index (χ0v) is 11.7. The summed E-state index contributed by atoms with van der Waals surface area (Å²) in [5.41, 5.74) is 8.03. The van der Waals surface area contributed by atoms with Crippen LogP contribution >= 0.6 is 0 Å². The number of aryl methyl sites for hydroxylation is 2. The van der Waals surface area contributed by atoms with Gasteiger partial charge in [0.1, 0.15) is 0 Å². The van der Waals surface area contributed by atoms with E-state index in [1.54, 1.807) is 0 Å². The van der Waals surface area contributed by atoms with E-state index in [1.807, 2.05) is 7.05 Å². The third-order valence-corrected chi connectivity index (χ3v) is 3.55. The number of hydrogen-bond donors (Lipinski definition) is 1. The van der Waals surface area contributed by atoms with Crippen LogP contribution in [0, 0.1) is 13.8 Å². The highest BCUT2D eigenvalue weighted by molar-refractivity contribution is 5.75. The molecule has 0 spiro atoms. The van der Waals surface area contributed by atoms with Crippen LogP contribution < -0.4 is 5.32 Å². The van der Waals surface area contributed by atoms with Crippen LogP contribution in [0.2, 0.25) is 0 Å². The van der Waals surface area contributed by atoms with Crippen LogP contribution in [-0.4, -0.2) is 7.05 Å². The summed E-state index contributed by atoms with van der Waals surface area (Å²) in [4.78, 5) is 0. The fourth-order valence-corrected chi connectivity index (χ4v) is 2.55. The predicted molar refractivity (Wildman–Crippen MR) is 80.3 cm³/mol. The van der Waals surface area contributed by atoms with Crippen LogP contribution in [0.15, 0.2) is 36.4 Å². The number of anilines is 1. The number of nitrogens with one attached hydrogen (secondary N) is 1. The second-order valence-electron chi connectivity index (χ2n) is 4.74. The lowest BCUT2D eigenvalue weighted by molar-refractivity contribution is 1.11. The molecule has 0 aliphatic carbocycles. The molecule has 2 aromatic rings. The molecule has 0 amide bonds. The molecule has 2 aromatic carbocycles. The first-order valence-electron chi connectivity index (χ1n) is 6.54. The van der Waals surface area contributed by atoms with Crippen molar-refractivity contribution in [2.45, 2.75) is 27.2 Å². The molecule has 1 nitrogen and oxygen atoms in total. The van der Waals surface area contributed by atoms with Gasteiger partial charge in [0.15, 0.2) is 0 Å². The molecule has 1 N–H and O–H groups in total. The summed E-state index contributed by atoms with van der Waals surface area (Å²) in [7, 11) is 1.97. The Morgan fingerprint density at radius 1 is 0.944 bits per heavy atom. The minimum Gasteiger partial charge on any atom is -0.388 e. The first-order chi connectivity index (χ1) is 8.67. The minimum atomic E-state index is 1.07. The Bertz CT molecular complexity index is 556. The van der Waals surface area contributed by atoms with E-state index in [2.05, 4.69) is 62.5 Å².